The molecule has 2 saturated heterocycles. The predicted octanol–water partition coefficient (Wildman–Crippen LogP) is 0.947. The highest BCUT2D eigenvalue weighted by atomic mass is 32.2. The molecule has 2 fully saturated rings. The van der Waals surface area contributed by atoms with Crippen LogP contribution in [0.1, 0.15) is 33.1 Å². The van der Waals surface area contributed by atoms with Crippen molar-refractivity contribution in [1.82, 2.24) is 15.1 Å². The SMILES string of the molecule is CNCCCCN1CCC(SC2=C(C(=O)O)N3C(=O)[C@H]([C@@H](C)O)[C@H]3[C@H]2C)C1. The fraction of sp³-hybridized carbons (Fsp3) is 0.789. The van der Waals surface area contributed by atoms with Crippen molar-refractivity contribution in [3.63, 3.8) is 0 Å². The summed E-state index contributed by atoms with van der Waals surface area (Å²) in [6, 6.07) is -0.217. The van der Waals surface area contributed by atoms with Crippen molar-refractivity contribution in [3.8, 4) is 0 Å². The summed E-state index contributed by atoms with van der Waals surface area (Å²) in [5, 5.41) is 23.2. The number of nitrogens with one attached hydrogen (secondary N) is 1. The van der Waals surface area contributed by atoms with E-state index in [1.54, 1.807) is 18.7 Å². The number of amides is 1. The second-order valence-electron chi connectivity index (χ2n) is 7.91. The Morgan fingerprint density at radius 3 is 2.78 bits per heavy atom. The van der Waals surface area contributed by atoms with E-state index < -0.39 is 18.0 Å². The molecule has 7 nitrogen and oxygen atoms in total. The van der Waals surface area contributed by atoms with Gasteiger partial charge in [-0.2, -0.15) is 0 Å². The van der Waals surface area contributed by atoms with E-state index in [0.29, 0.717) is 5.25 Å². The summed E-state index contributed by atoms with van der Waals surface area (Å²) in [7, 11) is 1.97. The van der Waals surface area contributed by atoms with Crippen LogP contribution in [0.25, 0.3) is 0 Å². The zero-order valence-corrected chi connectivity index (χ0v) is 17.2. The van der Waals surface area contributed by atoms with Gasteiger partial charge < -0.3 is 25.3 Å². The van der Waals surface area contributed by atoms with Crippen molar-refractivity contribution < 1.29 is 19.8 Å². The zero-order chi connectivity index (χ0) is 19.7. The van der Waals surface area contributed by atoms with E-state index >= 15 is 0 Å². The van der Waals surface area contributed by atoms with Gasteiger partial charge in [0.1, 0.15) is 5.70 Å². The maximum atomic E-state index is 12.4. The number of carboxylic acids is 1. The molecule has 0 aromatic carbocycles. The number of fused-ring (bicyclic) bond motifs is 1. The standard InChI is InChI=1S/C19H31N3O4S/c1-11-15-14(12(2)23)18(24)22(15)16(19(25)26)17(11)27-13-6-9-21(10-13)8-5-4-7-20-3/h11-15,20,23H,4-10H2,1-3H3,(H,25,26)/t11-,12-,13?,14-,15-/m1/s1. The number of aliphatic hydroxyl groups is 1. The van der Waals surface area contributed by atoms with E-state index in [4.69, 9.17) is 0 Å². The monoisotopic (exact) mass is 397 g/mol. The highest BCUT2D eigenvalue weighted by molar-refractivity contribution is 8.03. The van der Waals surface area contributed by atoms with Gasteiger partial charge in [0.25, 0.3) is 0 Å². The van der Waals surface area contributed by atoms with Gasteiger partial charge in [0.2, 0.25) is 5.91 Å². The third-order valence-electron chi connectivity index (χ3n) is 5.98. The maximum absolute atomic E-state index is 12.4. The Balaban J connectivity index is 1.64. The Labute approximate surface area is 165 Å². The van der Waals surface area contributed by atoms with Crippen LogP contribution in [-0.4, -0.2) is 82.5 Å². The first-order valence-corrected chi connectivity index (χ1v) is 10.8. The van der Waals surface area contributed by atoms with Crippen molar-refractivity contribution >= 4 is 23.6 Å². The molecule has 3 aliphatic heterocycles. The number of nitrogens with zero attached hydrogens (tertiary/aromatic N) is 2. The van der Waals surface area contributed by atoms with Crippen molar-refractivity contribution in [2.75, 3.05) is 33.2 Å². The third-order valence-corrected chi connectivity index (χ3v) is 7.52. The molecule has 5 atom stereocenters. The van der Waals surface area contributed by atoms with Gasteiger partial charge in [0.05, 0.1) is 18.1 Å². The van der Waals surface area contributed by atoms with Crippen molar-refractivity contribution in [2.24, 2.45) is 11.8 Å². The lowest BCUT2D eigenvalue weighted by Crippen LogP contribution is -2.63. The fourth-order valence-corrected chi connectivity index (χ4v) is 6.11. The molecule has 3 aliphatic rings. The number of carboxylic acid groups (broad SMARTS) is 1. The third kappa shape index (κ3) is 3.90. The Bertz CT molecular complexity index is 624. The number of hydrogen-bond donors (Lipinski definition) is 3. The molecule has 0 saturated carbocycles. The van der Waals surface area contributed by atoms with Crippen LogP contribution in [0.15, 0.2) is 10.6 Å². The average Bonchev–Trinajstić information content (AvgIpc) is 3.14. The largest absolute Gasteiger partial charge is 0.477 e. The molecule has 8 heteroatoms. The molecular formula is C19H31N3O4S. The number of hydrogen-bond acceptors (Lipinski definition) is 6. The average molecular weight is 398 g/mol. The van der Waals surface area contributed by atoms with Gasteiger partial charge in [-0.05, 0) is 52.9 Å². The Kier molecular flexibility index (Phi) is 6.50. The first kappa shape index (κ1) is 20.6. The van der Waals surface area contributed by atoms with E-state index in [9.17, 15) is 19.8 Å². The number of rotatable bonds is 9. The predicted molar refractivity (Wildman–Crippen MR) is 105 cm³/mol. The van der Waals surface area contributed by atoms with Crippen LogP contribution in [-0.2, 0) is 9.59 Å². The van der Waals surface area contributed by atoms with Crippen molar-refractivity contribution in [3.05, 3.63) is 10.6 Å². The molecule has 152 valence electrons. The van der Waals surface area contributed by atoms with E-state index in [-0.39, 0.29) is 23.6 Å². The molecule has 27 heavy (non-hydrogen) atoms. The normalized spacial score (nSPS) is 32.0. The van der Waals surface area contributed by atoms with Crippen LogP contribution in [0.2, 0.25) is 0 Å². The van der Waals surface area contributed by atoms with Crippen molar-refractivity contribution in [1.29, 1.82) is 0 Å². The molecule has 0 aromatic rings. The van der Waals surface area contributed by atoms with E-state index in [2.05, 4.69) is 10.2 Å². The molecule has 1 unspecified atom stereocenters. The van der Waals surface area contributed by atoms with Crippen LogP contribution < -0.4 is 5.32 Å². The summed E-state index contributed by atoms with van der Waals surface area (Å²) in [6.07, 6.45) is 2.62. The summed E-state index contributed by atoms with van der Waals surface area (Å²) in [5.74, 6) is -1.82. The first-order valence-electron chi connectivity index (χ1n) is 9.89. The van der Waals surface area contributed by atoms with Gasteiger partial charge in [0, 0.05) is 22.6 Å². The van der Waals surface area contributed by atoms with Crippen LogP contribution >= 0.6 is 11.8 Å². The van der Waals surface area contributed by atoms with Crippen LogP contribution in [0.4, 0.5) is 0 Å². The van der Waals surface area contributed by atoms with Gasteiger partial charge in [0.15, 0.2) is 0 Å². The van der Waals surface area contributed by atoms with Gasteiger partial charge >= 0.3 is 5.97 Å². The number of likely N-dealkylation sites (tertiary alicyclic amines) is 1. The molecule has 0 spiro atoms. The van der Waals surface area contributed by atoms with Gasteiger partial charge in [-0.3, -0.25) is 4.79 Å². The van der Waals surface area contributed by atoms with Crippen LogP contribution in [0.3, 0.4) is 0 Å². The molecule has 0 aliphatic carbocycles. The molecule has 0 radical (unpaired) electrons. The first-order chi connectivity index (χ1) is 12.9. The maximum Gasteiger partial charge on any atom is 0.353 e. The molecule has 0 aromatic heterocycles. The number of β-lactam (4-membered cyclic amide) rings is 1. The minimum atomic E-state index is -1.04. The number of aliphatic carboxylic acids is 1. The molecule has 0 bridgehead atoms. The van der Waals surface area contributed by atoms with E-state index in [1.807, 2.05) is 14.0 Å². The topological polar surface area (TPSA) is 93.1 Å². The second-order valence-corrected chi connectivity index (χ2v) is 9.25. The quantitative estimate of drug-likeness (QED) is 0.394. The lowest BCUT2D eigenvalue weighted by Gasteiger charge is -2.46. The fourth-order valence-electron chi connectivity index (χ4n) is 4.59. The summed E-state index contributed by atoms with van der Waals surface area (Å²) >= 11 is 1.64. The lowest BCUT2D eigenvalue weighted by molar-refractivity contribution is -0.163. The summed E-state index contributed by atoms with van der Waals surface area (Å²) in [5.41, 5.74) is 0.145. The number of thioether (sulfide) groups is 1. The Morgan fingerprint density at radius 1 is 1.41 bits per heavy atom. The highest BCUT2D eigenvalue weighted by Gasteiger charge is 2.60. The Hall–Kier alpha value is -1.09. The number of carbonyl (C=O) groups excluding carboxylic acids is 1. The molecular weight excluding hydrogens is 366 g/mol. The number of unbranched alkanes of at least 4 members (excludes halogenated alkanes) is 1. The number of carbonyl (C=O) groups is 2. The van der Waals surface area contributed by atoms with E-state index in [0.717, 1.165) is 50.3 Å². The molecule has 3 heterocycles. The zero-order valence-electron chi connectivity index (χ0n) is 16.4. The Morgan fingerprint density at radius 2 is 2.15 bits per heavy atom. The molecule has 3 N–H and O–H groups in total. The highest BCUT2D eigenvalue weighted by Crippen LogP contribution is 2.51. The van der Waals surface area contributed by atoms with Gasteiger partial charge in [-0.15, -0.1) is 11.8 Å². The molecule has 3 rings (SSSR count). The van der Waals surface area contributed by atoms with E-state index in [1.165, 1.54) is 4.90 Å². The minimum Gasteiger partial charge on any atom is -0.477 e. The van der Waals surface area contributed by atoms with Crippen molar-refractivity contribution in [2.45, 2.75) is 50.5 Å². The van der Waals surface area contributed by atoms with Gasteiger partial charge in [-0.25, -0.2) is 4.79 Å². The second kappa shape index (κ2) is 8.51. The number of aliphatic hydroxyl groups excluding tert-OH is 1. The van der Waals surface area contributed by atoms with Crippen LogP contribution in [0.5, 0.6) is 0 Å². The summed E-state index contributed by atoms with van der Waals surface area (Å²) in [6.45, 7) is 7.73. The summed E-state index contributed by atoms with van der Waals surface area (Å²) in [4.78, 5) is 28.9. The molecule has 1 amide bonds. The minimum absolute atomic E-state index is 0.0388. The van der Waals surface area contributed by atoms with Gasteiger partial charge in [-0.1, -0.05) is 6.92 Å². The van der Waals surface area contributed by atoms with Crippen LogP contribution in [0, 0.1) is 11.8 Å². The lowest BCUT2D eigenvalue weighted by atomic mass is 9.79. The summed E-state index contributed by atoms with van der Waals surface area (Å²) < 4.78 is 0. The smallest absolute Gasteiger partial charge is 0.353 e.